The van der Waals surface area contributed by atoms with Gasteiger partial charge in [0.1, 0.15) is 0 Å². The second-order valence-corrected chi connectivity index (χ2v) is 6.50. The maximum Gasteiger partial charge on any atom is 0.0110 e. The summed E-state index contributed by atoms with van der Waals surface area (Å²) in [5.74, 6) is 0. The minimum Gasteiger partial charge on any atom is -0.297 e. The zero-order chi connectivity index (χ0) is 9.27. The van der Waals surface area contributed by atoms with Gasteiger partial charge in [-0.1, -0.05) is 20.8 Å². The van der Waals surface area contributed by atoms with Crippen LogP contribution in [0.5, 0.6) is 0 Å². The highest BCUT2D eigenvalue weighted by Gasteiger charge is 2.62. The molecule has 0 aromatic carbocycles. The molecule has 0 aromatic rings. The van der Waals surface area contributed by atoms with Gasteiger partial charge in [-0.2, -0.15) is 0 Å². The fourth-order valence-corrected chi connectivity index (χ4v) is 3.37. The third-order valence-corrected chi connectivity index (χ3v) is 4.81. The van der Waals surface area contributed by atoms with Gasteiger partial charge < -0.3 is 0 Å². The first-order chi connectivity index (χ1) is 6.02. The third-order valence-electron chi connectivity index (χ3n) is 4.81. The van der Waals surface area contributed by atoms with Crippen LogP contribution in [0.4, 0.5) is 0 Å². The average Bonchev–Trinajstić information content (AvgIpc) is 2.59. The van der Waals surface area contributed by atoms with E-state index in [0.29, 0.717) is 10.8 Å². The monoisotopic (exact) mass is 179 g/mol. The molecule has 0 atom stereocenters. The molecule has 1 nitrogen and oxygen atoms in total. The molecule has 0 radical (unpaired) electrons. The van der Waals surface area contributed by atoms with Crippen molar-refractivity contribution in [2.45, 2.75) is 58.5 Å². The zero-order valence-electron chi connectivity index (χ0n) is 9.14. The molecule has 4 fully saturated rings. The van der Waals surface area contributed by atoms with Crippen molar-refractivity contribution in [1.29, 1.82) is 0 Å². The van der Waals surface area contributed by atoms with Crippen LogP contribution >= 0.6 is 0 Å². The van der Waals surface area contributed by atoms with Crippen LogP contribution in [-0.2, 0) is 0 Å². The smallest absolute Gasteiger partial charge is 0.0110 e. The van der Waals surface area contributed by atoms with Crippen LogP contribution in [-0.4, -0.2) is 23.5 Å². The van der Waals surface area contributed by atoms with Crippen LogP contribution in [0, 0.1) is 10.8 Å². The van der Waals surface area contributed by atoms with Crippen molar-refractivity contribution >= 4 is 0 Å². The first kappa shape index (κ1) is 8.28. The van der Waals surface area contributed by atoms with Crippen LogP contribution in [0.1, 0.15) is 46.5 Å². The topological polar surface area (TPSA) is 3.24 Å². The number of rotatable bonds is 1. The van der Waals surface area contributed by atoms with E-state index in [1.165, 1.54) is 32.2 Å². The van der Waals surface area contributed by atoms with Crippen molar-refractivity contribution in [2.75, 3.05) is 6.54 Å². The van der Waals surface area contributed by atoms with Crippen LogP contribution in [0.15, 0.2) is 0 Å². The van der Waals surface area contributed by atoms with E-state index in [-0.39, 0.29) is 0 Å². The molecule has 13 heavy (non-hydrogen) atoms. The SMILES string of the molecule is CC(C)(C)C12CC(C1)N(C1CC1)C2. The lowest BCUT2D eigenvalue weighted by Gasteiger charge is -2.47. The maximum absolute atomic E-state index is 2.81. The molecule has 2 aliphatic carbocycles. The van der Waals surface area contributed by atoms with E-state index in [1.54, 1.807) is 0 Å². The molecule has 0 N–H and O–H groups in total. The van der Waals surface area contributed by atoms with Crippen LogP contribution in [0.3, 0.4) is 0 Å². The Morgan fingerprint density at radius 1 is 1.08 bits per heavy atom. The summed E-state index contributed by atoms with van der Waals surface area (Å²) in [6.45, 7) is 8.70. The summed E-state index contributed by atoms with van der Waals surface area (Å²) >= 11 is 0. The normalized spacial score (nSPS) is 45.0. The summed E-state index contributed by atoms with van der Waals surface area (Å²) in [5.41, 5.74) is 1.23. The van der Waals surface area contributed by atoms with Gasteiger partial charge >= 0.3 is 0 Å². The van der Waals surface area contributed by atoms with E-state index >= 15 is 0 Å². The van der Waals surface area contributed by atoms with Gasteiger partial charge in [-0.05, 0) is 36.5 Å². The molecular weight excluding hydrogens is 158 g/mol. The number of fused-ring (bicyclic) bond motifs is 1. The van der Waals surface area contributed by atoms with Crippen LogP contribution in [0.2, 0.25) is 0 Å². The van der Waals surface area contributed by atoms with Crippen molar-refractivity contribution in [3.63, 3.8) is 0 Å². The first-order valence-electron chi connectivity index (χ1n) is 5.78. The molecule has 4 rings (SSSR count). The number of hydrogen-bond donors (Lipinski definition) is 0. The van der Waals surface area contributed by atoms with E-state index < -0.39 is 0 Å². The van der Waals surface area contributed by atoms with Crippen LogP contribution < -0.4 is 0 Å². The van der Waals surface area contributed by atoms with E-state index in [4.69, 9.17) is 0 Å². The standard InChI is InChI=1S/C12H21N/c1-11(2,3)12-6-10(7-12)13(8-12)9-4-5-9/h9-10H,4-8H2,1-3H3. The quantitative estimate of drug-likeness (QED) is 0.598. The molecule has 74 valence electrons. The lowest BCUT2D eigenvalue weighted by molar-refractivity contribution is 0.0417. The van der Waals surface area contributed by atoms with E-state index in [2.05, 4.69) is 25.7 Å². The summed E-state index contributed by atoms with van der Waals surface area (Å²) in [6.07, 6.45) is 5.95. The molecular formula is C12H21N. The maximum atomic E-state index is 2.81. The molecule has 0 spiro atoms. The molecule has 2 saturated carbocycles. The molecule has 0 aromatic heterocycles. The minimum atomic E-state index is 0.535. The number of nitrogens with zero attached hydrogens (tertiary/aromatic N) is 1. The van der Waals surface area contributed by atoms with Crippen molar-refractivity contribution < 1.29 is 0 Å². The van der Waals surface area contributed by atoms with Gasteiger partial charge in [-0.3, -0.25) is 4.90 Å². The predicted molar refractivity (Wildman–Crippen MR) is 54.6 cm³/mol. The summed E-state index contributed by atoms with van der Waals surface area (Å²) in [5, 5.41) is 0. The summed E-state index contributed by atoms with van der Waals surface area (Å²) in [7, 11) is 0. The Bertz CT molecular complexity index is 228. The molecule has 1 heteroatoms. The summed E-state index contributed by atoms with van der Waals surface area (Å²) in [4.78, 5) is 2.81. The van der Waals surface area contributed by atoms with Gasteiger partial charge in [0.2, 0.25) is 0 Å². The lowest BCUT2D eigenvalue weighted by atomic mass is 9.56. The van der Waals surface area contributed by atoms with Crippen molar-refractivity contribution in [3.8, 4) is 0 Å². The van der Waals surface area contributed by atoms with Crippen molar-refractivity contribution in [1.82, 2.24) is 4.90 Å². The van der Waals surface area contributed by atoms with Crippen LogP contribution in [0.25, 0.3) is 0 Å². The molecule has 2 aliphatic heterocycles. The van der Waals surface area contributed by atoms with Crippen molar-refractivity contribution in [2.24, 2.45) is 10.8 Å². The third kappa shape index (κ3) is 0.971. The molecule has 2 saturated heterocycles. The fraction of sp³-hybridized carbons (Fsp3) is 1.00. The Morgan fingerprint density at radius 2 is 1.69 bits per heavy atom. The Kier molecular flexibility index (Phi) is 1.36. The highest BCUT2D eigenvalue weighted by Crippen LogP contribution is 2.62. The first-order valence-corrected chi connectivity index (χ1v) is 5.78. The van der Waals surface area contributed by atoms with Gasteiger partial charge in [0, 0.05) is 18.6 Å². The van der Waals surface area contributed by atoms with Gasteiger partial charge in [0.25, 0.3) is 0 Å². The highest BCUT2D eigenvalue weighted by atomic mass is 15.3. The second kappa shape index (κ2) is 2.13. The molecule has 2 heterocycles. The lowest BCUT2D eigenvalue weighted by Crippen LogP contribution is -2.44. The predicted octanol–water partition coefficient (Wildman–Crippen LogP) is 2.66. The van der Waals surface area contributed by atoms with E-state index in [1.807, 2.05) is 0 Å². The highest BCUT2D eigenvalue weighted by molar-refractivity contribution is 5.15. The van der Waals surface area contributed by atoms with Gasteiger partial charge in [-0.25, -0.2) is 0 Å². The van der Waals surface area contributed by atoms with Gasteiger partial charge in [0.05, 0.1) is 0 Å². The molecule has 0 unspecified atom stereocenters. The van der Waals surface area contributed by atoms with E-state index in [9.17, 15) is 0 Å². The summed E-state index contributed by atoms with van der Waals surface area (Å²) in [6, 6.07) is 1.98. The molecule has 2 bridgehead atoms. The van der Waals surface area contributed by atoms with Gasteiger partial charge in [0.15, 0.2) is 0 Å². The fourth-order valence-electron chi connectivity index (χ4n) is 3.37. The average molecular weight is 179 g/mol. The number of hydrogen-bond acceptors (Lipinski definition) is 1. The zero-order valence-corrected chi connectivity index (χ0v) is 9.14. The Hall–Kier alpha value is -0.0400. The largest absolute Gasteiger partial charge is 0.297 e. The molecule has 4 aliphatic rings. The minimum absolute atomic E-state index is 0.535. The second-order valence-electron chi connectivity index (χ2n) is 6.50. The van der Waals surface area contributed by atoms with E-state index in [0.717, 1.165) is 12.1 Å². The Balaban J connectivity index is 1.78. The Labute approximate surface area is 81.5 Å². The van der Waals surface area contributed by atoms with Gasteiger partial charge in [-0.15, -0.1) is 0 Å². The summed E-state index contributed by atoms with van der Waals surface area (Å²) < 4.78 is 0. The molecule has 0 amide bonds. The van der Waals surface area contributed by atoms with Crippen molar-refractivity contribution in [3.05, 3.63) is 0 Å². The Morgan fingerprint density at radius 3 is 2.08 bits per heavy atom.